The molecule has 14 heteroatoms. The summed E-state index contributed by atoms with van der Waals surface area (Å²) >= 11 is 0. The van der Waals surface area contributed by atoms with Crippen molar-refractivity contribution in [2.45, 2.75) is 25.3 Å². The Morgan fingerprint density at radius 1 is 1.18 bits per heavy atom. The Morgan fingerprint density at radius 3 is 2.63 bits per heavy atom. The standard InChI is InChI=1S/C24H26BN5O8/c1-3-29-10-11-30(22(33)21(29)32)24(36)27-18(15-7-5-9-28(2)13-15)20(31)26-17-12-14-6-4-8-16(23(34)35)19(14)38-25(17)37/h4-9,13,17-18,37H,3,10-12H2,1-2H3,(H2-,26,27,31,34,35,36)/p+1/t17-,18?/m0/s1. The van der Waals surface area contributed by atoms with Crippen molar-refractivity contribution in [2.24, 2.45) is 7.05 Å². The Kier molecular flexibility index (Phi) is 7.62. The second-order valence-corrected chi connectivity index (χ2v) is 8.95. The summed E-state index contributed by atoms with van der Waals surface area (Å²) in [7, 11) is 0.166. The molecule has 0 radical (unpaired) electrons. The molecule has 2 aromatic rings. The first-order valence-corrected chi connectivity index (χ1v) is 12.0. The third-order valence-electron chi connectivity index (χ3n) is 6.44. The summed E-state index contributed by atoms with van der Waals surface area (Å²) in [5.74, 6) is -4.66. The molecule has 1 unspecified atom stereocenters. The second kappa shape index (κ2) is 10.9. The van der Waals surface area contributed by atoms with E-state index in [-0.39, 0.29) is 30.8 Å². The molecule has 2 atom stereocenters. The molecule has 4 rings (SSSR count). The number of carboxylic acids is 1. The number of carboxylic acid groups (broad SMARTS) is 1. The molecule has 13 nitrogen and oxygen atoms in total. The number of pyridine rings is 1. The first kappa shape index (κ1) is 26.6. The molecule has 0 aliphatic carbocycles. The number of nitrogens with one attached hydrogen (secondary N) is 2. The molecule has 0 spiro atoms. The third-order valence-corrected chi connectivity index (χ3v) is 6.44. The number of carbonyl (C=O) groups excluding carboxylic acids is 4. The first-order chi connectivity index (χ1) is 18.1. The lowest BCUT2D eigenvalue weighted by Gasteiger charge is -2.33. The zero-order chi connectivity index (χ0) is 27.6. The van der Waals surface area contributed by atoms with Crippen LogP contribution >= 0.6 is 0 Å². The molecule has 1 saturated heterocycles. The molecule has 0 saturated carbocycles. The molecule has 198 valence electrons. The van der Waals surface area contributed by atoms with Crippen molar-refractivity contribution in [1.29, 1.82) is 0 Å². The lowest BCUT2D eigenvalue weighted by atomic mass is 9.72. The van der Waals surface area contributed by atoms with Crippen LogP contribution in [0.15, 0.2) is 42.7 Å². The molecule has 0 bridgehead atoms. The van der Waals surface area contributed by atoms with Crippen LogP contribution in [0.1, 0.15) is 34.5 Å². The number of imide groups is 1. The van der Waals surface area contributed by atoms with Gasteiger partial charge in [-0.2, -0.15) is 0 Å². The zero-order valence-corrected chi connectivity index (χ0v) is 20.8. The van der Waals surface area contributed by atoms with E-state index in [0.717, 1.165) is 4.90 Å². The van der Waals surface area contributed by atoms with E-state index in [0.29, 0.717) is 17.7 Å². The van der Waals surface area contributed by atoms with Gasteiger partial charge in [0.15, 0.2) is 12.4 Å². The average molecular weight is 524 g/mol. The molecule has 2 aliphatic rings. The van der Waals surface area contributed by atoms with Crippen LogP contribution in [-0.4, -0.2) is 82.3 Å². The minimum absolute atomic E-state index is 0.0207. The van der Waals surface area contributed by atoms with Crippen molar-refractivity contribution in [1.82, 2.24) is 20.4 Å². The molecular weight excluding hydrogens is 497 g/mol. The molecule has 2 aliphatic heterocycles. The molecular formula is C24H27BN5O8+. The van der Waals surface area contributed by atoms with E-state index in [1.807, 2.05) is 0 Å². The highest BCUT2D eigenvalue weighted by atomic mass is 16.5. The maximum Gasteiger partial charge on any atom is 0.547 e. The van der Waals surface area contributed by atoms with Crippen molar-refractivity contribution in [3.63, 3.8) is 0 Å². The van der Waals surface area contributed by atoms with Gasteiger partial charge in [-0.05, 0) is 31.0 Å². The number of aromatic nitrogens is 1. The van der Waals surface area contributed by atoms with E-state index in [2.05, 4.69) is 10.6 Å². The van der Waals surface area contributed by atoms with Gasteiger partial charge in [0.05, 0.1) is 11.5 Å². The molecule has 1 aromatic heterocycles. The van der Waals surface area contributed by atoms with Crippen LogP contribution in [0, 0.1) is 0 Å². The Morgan fingerprint density at radius 2 is 1.95 bits per heavy atom. The van der Waals surface area contributed by atoms with Crippen LogP contribution in [0.2, 0.25) is 0 Å². The topological polar surface area (TPSA) is 169 Å². The van der Waals surface area contributed by atoms with Gasteiger partial charge in [-0.15, -0.1) is 0 Å². The number of nitrogens with zero attached hydrogens (tertiary/aromatic N) is 3. The van der Waals surface area contributed by atoms with Gasteiger partial charge in [0.2, 0.25) is 5.91 Å². The number of aromatic carboxylic acids is 1. The third kappa shape index (κ3) is 5.30. The Hall–Kier alpha value is -4.46. The van der Waals surface area contributed by atoms with Crippen LogP contribution in [0.25, 0.3) is 0 Å². The predicted molar refractivity (Wildman–Crippen MR) is 130 cm³/mol. The number of aryl methyl sites for hydroxylation is 1. The van der Waals surface area contributed by atoms with E-state index in [1.165, 1.54) is 17.0 Å². The molecule has 3 heterocycles. The van der Waals surface area contributed by atoms with E-state index in [1.54, 1.807) is 49.1 Å². The van der Waals surface area contributed by atoms with Crippen molar-refractivity contribution in [2.75, 3.05) is 19.6 Å². The highest BCUT2D eigenvalue weighted by molar-refractivity contribution is 6.47. The van der Waals surface area contributed by atoms with Gasteiger partial charge in [0.25, 0.3) is 0 Å². The number of hydrogen-bond donors (Lipinski definition) is 4. The lowest BCUT2D eigenvalue weighted by Crippen LogP contribution is -2.60. The summed E-state index contributed by atoms with van der Waals surface area (Å²) in [6.07, 6.45) is 3.40. The normalized spacial score (nSPS) is 17.9. The molecule has 1 aromatic carbocycles. The largest absolute Gasteiger partial charge is 0.547 e. The Labute approximate surface area is 218 Å². The number of urea groups is 1. The van der Waals surface area contributed by atoms with Crippen molar-refractivity contribution < 1.29 is 43.3 Å². The lowest BCUT2D eigenvalue weighted by molar-refractivity contribution is -0.672. The number of fused-ring (bicyclic) bond motifs is 1. The molecule has 1 fully saturated rings. The summed E-state index contributed by atoms with van der Waals surface area (Å²) in [6, 6.07) is 5.57. The number of hydrogen-bond acceptors (Lipinski definition) is 7. The number of benzene rings is 1. The van der Waals surface area contributed by atoms with Gasteiger partial charge in [-0.25, -0.2) is 14.2 Å². The smallest absolute Gasteiger partial charge is 0.534 e. The number of amides is 5. The average Bonchev–Trinajstić information content (AvgIpc) is 2.88. The minimum atomic E-state index is -1.56. The molecule has 38 heavy (non-hydrogen) atoms. The fraction of sp³-hybridized carbons (Fsp3) is 0.333. The van der Waals surface area contributed by atoms with Crippen molar-refractivity contribution >= 4 is 36.8 Å². The number of likely N-dealkylation sites (N-methyl/N-ethyl adjacent to an activating group) is 1. The second-order valence-electron chi connectivity index (χ2n) is 8.95. The maximum atomic E-state index is 13.4. The zero-order valence-electron chi connectivity index (χ0n) is 20.8. The predicted octanol–water partition coefficient (Wildman–Crippen LogP) is -1.21. The first-order valence-electron chi connectivity index (χ1n) is 12.0. The van der Waals surface area contributed by atoms with Gasteiger partial charge < -0.3 is 30.3 Å². The van der Waals surface area contributed by atoms with E-state index in [9.17, 15) is 34.1 Å². The van der Waals surface area contributed by atoms with Gasteiger partial charge in [0, 0.05) is 31.3 Å². The number of rotatable bonds is 6. The van der Waals surface area contributed by atoms with Crippen LogP contribution < -0.4 is 19.9 Å². The number of para-hydroxylation sites is 1. The molecule has 4 N–H and O–H groups in total. The summed E-state index contributed by atoms with van der Waals surface area (Å²) in [5, 5.41) is 25.1. The van der Waals surface area contributed by atoms with Crippen LogP contribution in [0.3, 0.4) is 0 Å². The van der Waals surface area contributed by atoms with Gasteiger partial charge in [-0.3, -0.25) is 19.3 Å². The minimum Gasteiger partial charge on any atom is -0.534 e. The number of carbonyl (C=O) groups is 5. The molecule has 5 amide bonds. The summed E-state index contributed by atoms with van der Waals surface area (Å²) in [4.78, 5) is 64.9. The highest BCUT2D eigenvalue weighted by Crippen LogP contribution is 2.30. The fourth-order valence-corrected chi connectivity index (χ4v) is 4.44. The number of piperazine rings is 1. The SMILES string of the molecule is CCN1CCN(C(=O)NC(C(=O)N[C@H]2Cc3cccc(C(=O)O)c3OB2O)c2ccc[n+](C)c2)C(=O)C1=O. The fourth-order valence-electron chi connectivity index (χ4n) is 4.44. The van der Waals surface area contributed by atoms with Crippen LogP contribution in [-0.2, 0) is 27.9 Å². The van der Waals surface area contributed by atoms with Crippen molar-refractivity contribution in [3.8, 4) is 5.75 Å². The summed E-state index contributed by atoms with van der Waals surface area (Å²) in [6.45, 7) is 2.20. The Balaban J connectivity index is 1.55. The maximum absolute atomic E-state index is 13.4. The summed E-state index contributed by atoms with van der Waals surface area (Å²) in [5.41, 5.74) is 0.743. The van der Waals surface area contributed by atoms with Gasteiger partial charge >= 0.3 is 30.9 Å². The van der Waals surface area contributed by atoms with Gasteiger partial charge in [0.1, 0.15) is 18.8 Å². The van der Waals surface area contributed by atoms with E-state index >= 15 is 0 Å². The van der Waals surface area contributed by atoms with E-state index in [4.69, 9.17) is 4.65 Å². The quantitative estimate of drug-likeness (QED) is 0.207. The Bertz CT molecular complexity index is 1300. The van der Waals surface area contributed by atoms with E-state index < -0.39 is 48.8 Å². The monoisotopic (exact) mass is 524 g/mol. The van der Waals surface area contributed by atoms with Crippen molar-refractivity contribution in [3.05, 3.63) is 59.4 Å². The van der Waals surface area contributed by atoms with Crippen LogP contribution in [0.4, 0.5) is 4.79 Å². The summed E-state index contributed by atoms with van der Waals surface area (Å²) < 4.78 is 7.10. The highest BCUT2D eigenvalue weighted by Gasteiger charge is 2.41. The van der Waals surface area contributed by atoms with Gasteiger partial charge in [-0.1, -0.05) is 12.1 Å². The van der Waals surface area contributed by atoms with Crippen LogP contribution in [0.5, 0.6) is 5.75 Å².